The first-order valence-corrected chi connectivity index (χ1v) is 8.22. The number of halogens is 1. The van der Waals surface area contributed by atoms with Crippen LogP contribution < -0.4 is 10.6 Å². The predicted octanol–water partition coefficient (Wildman–Crippen LogP) is 2.82. The number of amides is 1. The van der Waals surface area contributed by atoms with E-state index in [1.54, 1.807) is 18.2 Å². The largest absolute Gasteiger partial charge is 0.347 e. The molecular weight excluding hydrogens is 301 g/mol. The van der Waals surface area contributed by atoms with E-state index in [2.05, 4.69) is 22.5 Å². The molecule has 2 atom stereocenters. The molecule has 0 bridgehead atoms. The van der Waals surface area contributed by atoms with Crippen LogP contribution in [0.2, 0.25) is 0 Å². The number of hydrogen-bond donors (Lipinski definition) is 2. The fourth-order valence-electron chi connectivity index (χ4n) is 2.62. The maximum atomic E-state index is 13.8. The second-order valence-electron chi connectivity index (χ2n) is 5.47. The van der Waals surface area contributed by atoms with Crippen LogP contribution in [0.25, 0.3) is 10.6 Å². The van der Waals surface area contributed by atoms with Crippen molar-refractivity contribution in [3.63, 3.8) is 0 Å². The van der Waals surface area contributed by atoms with E-state index in [4.69, 9.17) is 0 Å². The summed E-state index contributed by atoms with van der Waals surface area (Å²) < 4.78 is 13.8. The molecule has 1 aliphatic rings. The van der Waals surface area contributed by atoms with E-state index in [1.165, 1.54) is 23.6 Å². The third-order valence-corrected chi connectivity index (χ3v) is 4.94. The van der Waals surface area contributed by atoms with Crippen molar-refractivity contribution in [1.29, 1.82) is 0 Å². The summed E-state index contributed by atoms with van der Waals surface area (Å²) in [5.41, 5.74) is 0.430. The summed E-state index contributed by atoms with van der Waals surface area (Å²) in [6, 6.07) is 6.85. The highest BCUT2D eigenvalue weighted by atomic mass is 32.1. The van der Waals surface area contributed by atoms with Crippen LogP contribution in [0.4, 0.5) is 4.39 Å². The molecule has 0 saturated carbocycles. The molecule has 1 aromatic heterocycles. The number of benzene rings is 1. The topological polar surface area (TPSA) is 54.0 Å². The third-order valence-electron chi connectivity index (χ3n) is 3.91. The molecule has 0 aliphatic carbocycles. The first-order chi connectivity index (χ1) is 10.6. The monoisotopic (exact) mass is 319 g/mol. The van der Waals surface area contributed by atoms with Crippen molar-refractivity contribution in [2.75, 3.05) is 6.54 Å². The Morgan fingerprint density at radius 1 is 1.45 bits per heavy atom. The van der Waals surface area contributed by atoms with Gasteiger partial charge in [-0.05, 0) is 38.4 Å². The molecule has 4 nitrogen and oxygen atoms in total. The lowest BCUT2D eigenvalue weighted by molar-refractivity contribution is 0.0924. The van der Waals surface area contributed by atoms with E-state index >= 15 is 0 Å². The first kappa shape index (κ1) is 15.1. The Kier molecular flexibility index (Phi) is 4.49. The van der Waals surface area contributed by atoms with Gasteiger partial charge in [0.25, 0.3) is 5.91 Å². The van der Waals surface area contributed by atoms with Gasteiger partial charge in [-0.2, -0.15) is 0 Å². The van der Waals surface area contributed by atoms with Crippen LogP contribution in [-0.2, 0) is 0 Å². The maximum Gasteiger partial charge on any atom is 0.263 e. The van der Waals surface area contributed by atoms with Gasteiger partial charge in [-0.1, -0.05) is 12.1 Å². The van der Waals surface area contributed by atoms with Crippen LogP contribution in [0.15, 0.2) is 30.5 Å². The fourth-order valence-corrected chi connectivity index (χ4v) is 3.47. The SMILES string of the molecule is CC1NCCCC1NC(=O)c1cnc(-c2ccccc2F)s1. The Labute approximate surface area is 132 Å². The first-order valence-electron chi connectivity index (χ1n) is 7.40. The zero-order valence-electron chi connectivity index (χ0n) is 12.3. The Morgan fingerprint density at radius 2 is 2.27 bits per heavy atom. The highest BCUT2D eigenvalue weighted by Crippen LogP contribution is 2.27. The minimum Gasteiger partial charge on any atom is -0.347 e. The van der Waals surface area contributed by atoms with E-state index in [0.717, 1.165) is 19.4 Å². The standard InChI is InChI=1S/C16H18FN3OS/c1-10-13(7-4-8-18-10)20-15(21)14-9-19-16(22-14)11-5-2-3-6-12(11)17/h2-3,5-6,9-10,13,18H,4,7-8H2,1H3,(H,20,21). The third kappa shape index (κ3) is 3.18. The minimum atomic E-state index is -0.325. The lowest BCUT2D eigenvalue weighted by atomic mass is 10.00. The van der Waals surface area contributed by atoms with Gasteiger partial charge in [0.05, 0.1) is 6.20 Å². The van der Waals surface area contributed by atoms with Crippen molar-refractivity contribution in [2.45, 2.75) is 31.8 Å². The van der Waals surface area contributed by atoms with Gasteiger partial charge in [0.1, 0.15) is 15.7 Å². The average Bonchev–Trinajstić information content (AvgIpc) is 3.00. The van der Waals surface area contributed by atoms with Crippen molar-refractivity contribution >= 4 is 17.2 Å². The van der Waals surface area contributed by atoms with Gasteiger partial charge < -0.3 is 10.6 Å². The molecule has 1 fully saturated rings. The normalized spacial score (nSPS) is 21.5. The summed E-state index contributed by atoms with van der Waals surface area (Å²) in [6.45, 7) is 3.06. The predicted molar refractivity (Wildman–Crippen MR) is 85.5 cm³/mol. The summed E-state index contributed by atoms with van der Waals surface area (Å²) in [6.07, 6.45) is 3.54. The van der Waals surface area contributed by atoms with Gasteiger partial charge in [-0.3, -0.25) is 4.79 Å². The summed E-state index contributed by atoms with van der Waals surface area (Å²) in [5.74, 6) is -0.463. The fraction of sp³-hybridized carbons (Fsp3) is 0.375. The number of carbonyl (C=O) groups excluding carboxylic acids is 1. The number of nitrogens with zero attached hydrogens (tertiary/aromatic N) is 1. The van der Waals surface area contributed by atoms with E-state index in [1.807, 2.05) is 0 Å². The van der Waals surface area contributed by atoms with Crippen molar-refractivity contribution in [1.82, 2.24) is 15.6 Å². The zero-order valence-corrected chi connectivity index (χ0v) is 13.1. The molecular formula is C16H18FN3OS. The molecule has 2 heterocycles. The van der Waals surface area contributed by atoms with Crippen LogP contribution in [0, 0.1) is 5.82 Å². The number of carbonyl (C=O) groups is 1. The molecule has 2 N–H and O–H groups in total. The number of hydrogen-bond acceptors (Lipinski definition) is 4. The van der Waals surface area contributed by atoms with Gasteiger partial charge in [-0.15, -0.1) is 11.3 Å². The van der Waals surface area contributed by atoms with Crippen molar-refractivity contribution < 1.29 is 9.18 Å². The Bertz CT molecular complexity index is 673. The number of nitrogens with one attached hydrogen (secondary N) is 2. The van der Waals surface area contributed by atoms with Crippen LogP contribution in [0.5, 0.6) is 0 Å². The van der Waals surface area contributed by atoms with E-state index in [-0.39, 0.29) is 23.8 Å². The number of piperidine rings is 1. The lowest BCUT2D eigenvalue weighted by Gasteiger charge is -2.30. The smallest absolute Gasteiger partial charge is 0.263 e. The molecule has 2 aromatic rings. The van der Waals surface area contributed by atoms with Crippen molar-refractivity contribution in [3.05, 3.63) is 41.2 Å². The second-order valence-corrected chi connectivity index (χ2v) is 6.51. The van der Waals surface area contributed by atoms with E-state index in [0.29, 0.717) is 15.4 Å². The molecule has 0 spiro atoms. The molecule has 22 heavy (non-hydrogen) atoms. The molecule has 1 aliphatic heterocycles. The van der Waals surface area contributed by atoms with Gasteiger partial charge in [0, 0.05) is 17.6 Å². The van der Waals surface area contributed by atoms with Crippen LogP contribution in [-0.4, -0.2) is 29.5 Å². The summed E-state index contributed by atoms with van der Waals surface area (Å²) in [4.78, 5) is 17.0. The summed E-state index contributed by atoms with van der Waals surface area (Å²) >= 11 is 1.21. The quantitative estimate of drug-likeness (QED) is 0.915. The molecule has 1 amide bonds. The number of thiazole rings is 1. The van der Waals surface area contributed by atoms with Gasteiger partial charge >= 0.3 is 0 Å². The molecule has 0 radical (unpaired) electrons. The van der Waals surface area contributed by atoms with E-state index in [9.17, 15) is 9.18 Å². The van der Waals surface area contributed by atoms with Crippen LogP contribution in [0.3, 0.4) is 0 Å². The second kappa shape index (κ2) is 6.54. The van der Waals surface area contributed by atoms with Gasteiger partial charge in [0.2, 0.25) is 0 Å². The highest BCUT2D eigenvalue weighted by Gasteiger charge is 2.24. The highest BCUT2D eigenvalue weighted by molar-refractivity contribution is 7.16. The van der Waals surface area contributed by atoms with Crippen molar-refractivity contribution in [2.24, 2.45) is 0 Å². The van der Waals surface area contributed by atoms with Crippen LogP contribution in [0.1, 0.15) is 29.4 Å². The molecule has 1 saturated heterocycles. The van der Waals surface area contributed by atoms with Crippen molar-refractivity contribution in [3.8, 4) is 10.6 Å². The zero-order chi connectivity index (χ0) is 15.5. The number of aromatic nitrogens is 1. The summed E-state index contributed by atoms with van der Waals surface area (Å²) in [5, 5.41) is 6.92. The molecule has 6 heteroatoms. The molecule has 1 aromatic carbocycles. The Balaban J connectivity index is 1.73. The Morgan fingerprint density at radius 3 is 3.05 bits per heavy atom. The minimum absolute atomic E-state index is 0.125. The molecule has 2 unspecified atom stereocenters. The van der Waals surface area contributed by atoms with Crippen LogP contribution >= 0.6 is 11.3 Å². The average molecular weight is 319 g/mol. The van der Waals surface area contributed by atoms with Gasteiger partial charge in [-0.25, -0.2) is 9.37 Å². The number of rotatable bonds is 3. The lowest BCUT2D eigenvalue weighted by Crippen LogP contribution is -2.51. The van der Waals surface area contributed by atoms with Gasteiger partial charge in [0.15, 0.2) is 0 Å². The molecule has 116 valence electrons. The van der Waals surface area contributed by atoms with E-state index < -0.39 is 0 Å². The summed E-state index contributed by atoms with van der Waals surface area (Å²) in [7, 11) is 0. The molecule has 3 rings (SSSR count). The maximum absolute atomic E-state index is 13.8. The Hall–Kier alpha value is -1.79.